The second kappa shape index (κ2) is 10.9. The molecule has 0 aromatic heterocycles. The van der Waals surface area contributed by atoms with E-state index in [-0.39, 0.29) is 0 Å². The van der Waals surface area contributed by atoms with Gasteiger partial charge in [0, 0.05) is 5.88 Å². The van der Waals surface area contributed by atoms with Crippen LogP contribution in [0.4, 0.5) is 13.2 Å². The molecule has 0 bridgehead atoms. The van der Waals surface area contributed by atoms with Crippen LogP contribution in [0.1, 0.15) is 44.1 Å². The highest BCUT2D eigenvalue weighted by atomic mass is 35.5. The van der Waals surface area contributed by atoms with Crippen molar-refractivity contribution in [1.82, 2.24) is 0 Å². The summed E-state index contributed by atoms with van der Waals surface area (Å²) in [7, 11) is -0.892. The topological polar surface area (TPSA) is 0 Å². The molecule has 0 amide bonds. The first-order valence-corrected chi connectivity index (χ1v) is 10.2. The molecule has 0 radical (unpaired) electrons. The second-order valence-electron chi connectivity index (χ2n) is 5.41. The summed E-state index contributed by atoms with van der Waals surface area (Å²) >= 11 is 5.61. The Labute approximate surface area is 138 Å². The Bertz CT molecular complexity index is 444. The molecular weight excluding hydrogens is 325 g/mol. The van der Waals surface area contributed by atoms with Crippen LogP contribution >= 0.6 is 11.6 Å². The molecule has 1 rings (SSSR count). The summed E-state index contributed by atoms with van der Waals surface area (Å²) in [5.41, 5.74) is -0.450. The van der Waals surface area contributed by atoms with E-state index in [0.29, 0.717) is 5.19 Å². The van der Waals surface area contributed by atoms with Crippen molar-refractivity contribution in [3.63, 3.8) is 0 Å². The van der Waals surface area contributed by atoms with Crippen LogP contribution in [0.2, 0.25) is 6.04 Å². The lowest BCUT2D eigenvalue weighted by molar-refractivity contribution is -0.136. The van der Waals surface area contributed by atoms with Crippen LogP contribution in [-0.4, -0.2) is 15.4 Å². The minimum atomic E-state index is -4.23. The van der Waals surface area contributed by atoms with Gasteiger partial charge in [0.1, 0.15) is 0 Å². The molecule has 0 nitrogen and oxygen atoms in total. The van der Waals surface area contributed by atoms with Gasteiger partial charge in [-0.25, -0.2) is 0 Å². The fraction of sp³-hybridized carbons (Fsp3) is 0.529. The van der Waals surface area contributed by atoms with Crippen molar-refractivity contribution in [2.75, 3.05) is 5.88 Å². The van der Waals surface area contributed by atoms with Crippen molar-refractivity contribution in [3.8, 4) is 0 Å². The van der Waals surface area contributed by atoms with Gasteiger partial charge in [0.2, 0.25) is 0 Å². The third-order valence-electron chi connectivity index (χ3n) is 3.57. The zero-order chi connectivity index (χ0) is 16.3. The Balaban J connectivity index is 2.23. The first kappa shape index (κ1) is 19.3. The molecule has 5 heteroatoms. The van der Waals surface area contributed by atoms with Crippen molar-refractivity contribution in [2.24, 2.45) is 0 Å². The van der Waals surface area contributed by atoms with Crippen molar-refractivity contribution < 1.29 is 13.2 Å². The van der Waals surface area contributed by atoms with Crippen LogP contribution < -0.4 is 5.19 Å². The molecule has 1 aromatic rings. The summed E-state index contributed by atoms with van der Waals surface area (Å²) in [4.78, 5) is 0. The van der Waals surface area contributed by atoms with Gasteiger partial charge >= 0.3 is 6.18 Å². The van der Waals surface area contributed by atoms with Crippen LogP contribution in [0, 0.1) is 0 Å². The molecule has 22 heavy (non-hydrogen) atoms. The van der Waals surface area contributed by atoms with Crippen LogP contribution in [-0.2, 0) is 6.18 Å². The quantitative estimate of drug-likeness (QED) is 0.240. The average molecular weight is 349 g/mol. The van der Waals surface area contributed by atoms with Gasteiger partial charge in [0.05, 0.1) is 15.1 Å². The van der Waals surface area contributed by atoms with E-state index >= 15 is 0 Å². The molecule has 0 aliphatic carbocycles. The minimum Gasteiger partial charge on any atom is -0.166 e. The van der Waals surface area contributed by atoms with Crippen LogP contribution in [0.5, 0.6) is 0 Å². The highest BCUT2D eigenvalue weighted by Crippen LogP contribution is 2.27. The lowest BCUT2D eigenvalue weighted by Crippen LogP contribution is -2.24. The standard InChI is InChI=1S/C17H24ClF3Si/c18-13-9-5-3-1-2-4-6-10-14-22-16-12-8-7-11-15(16)17(19,20)21/h6-8,10-12H,1-5,9,13-14,22H2. The Hall–Kier alpha value is -0.743. The SMILES string of the molecule is FC(F)(F)c1ccccc1[SiH2]CC=CCCCCCCCCl. The number of rotatable bonds is 10. The summed E-state index contributed by atoms with van der Waals surface area (Å²) in [6.45, 7) is 0. The van der Waals surface area contributed by atoms with E-state index < -0.39 is 21.3 Å². The molecule has 0 fully saturated rings. The molecule has 0 aliphatic rings. The maximum Gasteiger partial charge on any atom is 0.416 e. The zero-order valence-electron chi connectivity index (χ0n) is 12.8. The van der Waals surface area contributed by atoms with Gasteiger partial charge in [0.25, 0.3) is 0 Å². The van der Waals surface area contributed by atoms with E-state index in [2.05, 4.69) is 12.2 Å². The van der Waals surface area contributed by atoms with Crippen LogP contribution in [0.25, 0.3) is 0 Å². The summed E-state index contributed by atoms with van der Waals surface area (Å²) in [5.74, 6) is 0.740. The molecule has 0 aliphatic heterocycles. The van der Waals surface area contributed by atoms with Gasteiger partial charge in [-0.05, 0) is 25.3 Å². The molecule has 1 aromatic carbocycles. The summed E-state index contributed by atoms with van der Waals surface area (Å²) in [5, 5.41) is 0.515. The molecule has 0 N–H and O–H groups in total. The smallest absolute Gasteiger partial charge is 0.166 e. The van der Waals surface area contributed by atoms with Crippen molar-refractivity contribution in [2.45, 2.75) is 50.7 Å². The molecular formula is C17H24ClF3Si. The Kier molecular flexibility index (Phi) is 9.56. The van der Waals surface area contributed by atoms with E-state index in [4.69, 9.17) is 11.6 Å². The van der Waals surface area contributed by atoms with E-state index in [1.54, 1.807) is 12.1 Å². The van der Waals surface area contributed by atoms with E-state index in [1.165, 1.54) is 31.4 Å². The molecule has 0 atom stereocenters. The Morgan fingerprint density at radius 1 is 0.955 bits per heavy atom. The molecule has 124 valence electrons. The van der Waals surface area contributed by atoms with Gasteiger partial charge in [-0.1, -0.05) is 60.9 Å². The van der Waals surface area contributed by atoms with Crippen molar-refractivity contribution in [3.05, 3.63) is 42.0 Å². The largest absolute Gasteiger partial charge is 0.416 e. The third-order valence-corrected chi connectivity index (χ3v) is 5.62. The molecule has 0 saturated heterocycles. The highest BCUT2D eigenvalue weighted by molar-refractivity contribution is 6.54. The third kappa shape index (κ3) is 8.04. The summed E-state index contributed by atoms with van der Waals surface area (Å²) < 4.78 is 38.5. The van der Waals surface area contributed by atoms with Crippen LogP contribution in [0.15, 0.2) is 36.4 Å². The van der Waals surface area contributed by atoms with E-state index in [9.17, 15) is 13.2 Å². The lowest BCUT2D eigenvalue weighted by atomic mass is 10.1. The van der Waals surface area contributed by atoms with Gasteiger partial charge in [-0.15, -0.1) is 11.6 Å². The fourth-order valence-corrected chi connectivity index (χ4v) is 4.17. The predicted octanol–water partition coefficient (Wildman–Crippen LogP) is 5.05. The number of halogens is 4. The monoisotopic (exact) mass is 348 g/mol. The van der Waals surface area contributed by atoms with Crippen molar-refractivity contribution >= 4 is 26.3 Å². The number of benzene rings is 1. The number of hydrogen-bond donors (Lipinski definition) is 0. The molecule has 0 spiro atoms. The van der Waals surface area contributed by atoms with Gasteiger partial charge in [-0.3, -0.25) is 0 Å². The normalized spacial score (nSPS) is 12.7. The number of hydrogen-bond acceptors (Lipinski definition) is 0. The highest BCUT2D eigenvalue weighted by Gasteiger charge is 2.32. The van der Waals surface area contributed by atoms with E-state index in [1.807, 2.05) is 0 Å². The van der Waals surface area contributed by atoms with Gasteiger partial charge in [-0.2, -0.15) is 13.2 Å². The first-order chi connectivity index (χ1) is 10.6. The summed E-state index contributed by atoms with van der Waals surface area (Å²) in [6.07, 6.45) is 6.81. The molecule has 0 heterocycles. The lowest BCUT2D eigenvalue weighted by Gasteiger charge is -2.11. The zero-order valence-corrected chi connectivity index (χ0v) is 15.0. The van der Waals surface area contributed by atoms with E-state index in [0.717, 1.165) is 31.2 Å². The average Bonchev–Trinajstić information content (AvgIpc) is 2.48. The van der Waals surface area contributed by atoms with Crippen LogP contribution in [0.3, 0.4) is 0 Å². The Morgan fingerprint density at radius 3 is 2.36 bits per heavy atom. The Morgan fingerprint density at radius 2 is 1.64 bits per heavy atom. The maximum absolute atomic E-state index is 12.8. The molecule has 0 saturated carbocycles. The maximum atomic E-state index is 12.8. The number of allylic oxidation sites excluding steroid dienone is 2. The predicted molar refractivity (Wildman–Crippen MR) is 92.0 cm³/mol. The number of unbranched alkanes of at least 4 members (excludes halogenated alkanes) is 5. The summed E-state index contributed by atoms with van der Waals surface area (Å²) in [6, 6.07) is 6.76. The number of alkyl halides is 4. The fourth-order valence-electron chi connectivity index (χ4n) is 2.38. The minimum absolute atomic E-state index is 0.450. The molecule has 0 unspecified atom stereocenters. The van der Waals surface area contributed by atoms with Crippen molar-refractivity contribution in [1.29, 1.82) is 0 Å². The van der Waals surface area contributed by atoms with Gasteiger partial charge < -0.3 is 0 Å². The van der Waals surface area contributed by atoms with Gasteiger partial charge in [0.15, 0.2) is 0 Å². The first-order valence-electron chi connectivity index (χ1n) is 7.91. The second-order valence-corrected chi connectivity index (χ2v) is 7.63.